The van der Waals surface area contributed by atoms with Gasteiger partial charge in [0.1, 0.15) is 0 Å². The lowest BCUT2D eigenvalue weighted by Gasteiger charge is -2.26. The van der Waals surface area contributed by atoms with Crippen molar-refractivity contribution in [1.29, 1.82) is 0 Å². The molecule has 0 spiro atoms. The van der Waals surface area contributed by atoms with Crippen molar-refractivity contribution in [3.63, 3.8) is 0 Å². The Hall–Kier alpha value is -2.73. The van der Waals surface area contributed by atoms with E-state index < -0.39 is 10.8 Å². The van der Waals surface area contributed by atoms with Crippen LogP contribution >= 0.6 is 0 Å². The highest BCUT2D eigenvalue weighted by Gasteiger charge is 2.27. The lowest BCUT2D eigenvalue weighted by atomic mass is 9.97. The average Bonchev–Trinajstić information content (AvgIpc) is 3.20. The number of amides is 1. The second kappa shape index (κ2) is 8.77. The second-order valence-corrected chi connectivity index (χ2v) is 7.02. The van der Waals surface area contributed by atoms with Crippen LogP contribution in [0.4, 0.5) is 5.69 Å². The molecule has 27 heavy (non-hydrogen) atoms. The molecule has 2 atom stereocenters. The third kappa shape index (κ3) is 4.71. The van der Waals surface area contributed by atoms with Crippen LogP contribution < -0.4 is 5.32 Å². The molecule has 6 nitrogen and oxygen atoms in total. The number of likely N-dealkylation sites (tertiary alicyclic amines) is 1. The zero-order chi connectivity index (χ0) is 19.2. The van der Waals surface area contributed by atoms with Crippen LogP contribution in [-0.2, 0) is 4.79 Å². The van der Waals surface area contributed by atoms with Gasteiger partial charge >= 0.3 is 0 Å². The van der Waals surface area contributed by atoms with Crippen molar-refractivity contribution in [2.45, 2.75) is 31.7 Å². The number of hydrogen-bond donors (Lipinski definition) is 1. The number of para-hydroxylation sites is 1. The number of nitro benzene ring substituents is 1. The summed E-state index contributed by atoms with van der Waals surface area (Å²) in [6.07, 6.45) is 2.37. The van der Waals surface area contributed by atoms with Crippen LogP contribution in [0, 0.1) is 10.1 Å². The fourth-order valence-corrected chi connectivity index (χ4v) is 3.60. The maximum Gasteiger partial charge on any atom is 0.273 e. The normalized spacial score (nSPS) is 16.6. The van der Waals surface area contributed by atoms with Gasteiger partial charge in [0, 0.05) is 18.2 Å². The molecular formula is C21H25N3O3. The topological polar surface area (TPSA) is 75.5 Å². The molecule has 0 radical (unpaired) electrons. The van der Waals surface area contributed by atoms with Crippen LogP contribution in [0.5, 0.6) is 0 Å². The number of rotatable bonds is 7. The van der Waals surface area contributed by atoms with E-state index in [1.54, 1.807) is 25.1 Å². The van der Waals surface area contributed by atoms with Crippen LogP contribution in [0.25, 0.3) is 0 Å². The molecule has 1 saturated heterocycles. The molecule has 3 rings (SSSR count). The van der Waals surface area contributed by atoms with Crippen molar-refractivity contribution >= 4 is 11.6 Å². The van der Waals surface area contributed by atoms with Gasteiger partial charge in [-0.05, 0) is 38.4 Å². The van der Waals surface area contributed by atoms with E-state index in [1.807, 2.05) is 30.3 Å². The quantitative estimate of drug-likeness (QED) is 0.599. The monoisotopic (exact) mass is 367 g/mol. The SMILES string of the molecule is CC(C(=O)NC(CN1CCCC1)c1ccccc1)c1ccccc1[N+](=O)[O-]. The smallest absolute Gasteiger partial charge is 0.273 e. The number of nitrogens with zero attached hydrogens (tertiary/aromatic N) is 2. The van der Waals surface area contributed by atoms with E-state index in [1.165, 1.54) is 18.9 Å². The van der Waals surface area contributed by atoms with Crippen molar-refractivity contribution in [3.05, 3.63) is 75.8 Å². The molecule has 1 N–H and O–H groups in total. The highest BCUT2D eigenvalue weighted by Crippen LogP contribution is 2.27. The van der Waals surface area contributed by atoms with Crippen molar-refractivity contribution in [2.75, 3.05) is 19.6 Å². The first kappa shape index (κ1) is 19.0. The summed E-state index contributed by atoms with van der Waals surface area (Å²) >= 11 is 0. The summed E-state index contributed by atoms with van der Waals surface area (Å²) in [7, 11) is 0. The second-order valence-electron chi connectivity index (χ2n) is 7.02. The number of nitro groups is 1. The predicted molar refractivity (Wildman–Crippen MR) is 105 cm³/mol. The predicted octanol–water partition coefficient (Wildman–Crippen LogP) is 3.65. The molecule has 1 heterocycles. The van der Waals surface area contributed by atoms with Crippen molar-refractivity contribution in [2.24, 2.45) is 0 Å². The van der Waals surface area contributed by atoms with E-state index >= 15 is 0 Å². The third-order valence-corrected chi connectivity index (χ3v) is 5.15. The van der Waals surface area contributed by atoms with Crippen LogP contribution in [0.1, 0.15) is 42.9 Å². The summed E-state index contributed by atoms with van der Waals surface area (Å²) in [5, 5.41) is 14.4. The van der Waals surface area contributed by atoms with Gasteiger partial charge in [0.25, 0.3) is 5.69 Å². The Labute approximate surface area is 159 Å². The van der Waals surface area contributed by atoms with E-state index in [4.69, 9.17) is 0 Å². The molecular weight excluding hydrogens is 342 g/mol. The van der Waals surface area contributed by atoms with Crippen LogP contribution in [0.2, 0.25) is 0 Å². The van der Waals surface area contributed by atoms with E-state index in [0.717, 1.165) is 25.2 Å². The molecule has 1 aliphatic heterocycles. The van der Waals surface area contributed by atoms with Gasteiger partial charge in [0.05, 0.1) is 16.9 Å². The molecule has 0 aromatic heterocycles. The first-order chi connectivity index (χ1) is 13.1. The molecule has 142 valence electrons. The number of carbonyl (C=O) groups excluding carboxylic acids is 1. The standard InChI is InChI=1S/C21H25N3O3/c1-16(18-11-5-6-12-20(18)24(26)27)21(25)22-19(15-23-13-7-8-14-23)17-9-3-2-4-10-17/h2-6,9-12,16,19H,7-8,13-15H2,1H3,(H,22,25). The molecule has 0 saturated carbocycles. The highest BCUT2D eigenvalue weighted by molar-refractivity contribution is 5.84. The molecule has 1 amide bonds. The molecule has 1 fully saturated rings. The van der Waals surface area contributed by atoms with Crippen molar-refractivity contribution in [3.8, 4) is 0 Å². The van der Waals surface area contributed by atoms with Crippen molar-refractivity contribution in [1.82, 2.24) is 10.2 Å². The Morgan fingerprint density at radius 3 is 2.41 bits per heavy atom. The Balaban J connectivity index is 1.78. The number of benzene rings is 2. The lowest BCUT2D eigenvalue weighted by Crippen LogP contribution is -2.38. The lowest BCUT2D eigenvalue weighted by molar-refractivity contribution is -0.385. The Morgan fingerprint density at radius 1 is 1.11 bits per heavy atom. The summed E-state index contributed by atoms with van der Waals surface area (Å²) in [6, 6.07) is 16.2. The molecule has 0 aliphatic carbocycles. The largest absolute Gasteiger partial charge is 0.347 e. The van der Waals surface area contributed by atoms with Gasteiger partial charge in [0.2, 0.25) is 5.91 Å². The van der Waals surface area contributed by atoms with Gasteiger partial charge in [-0.3, -0.25) is 14.9 Å². The van der Waals surface area contributed by atoms with E-state index in [0.29, 0.717) is 5.56 Å². The zero-order valence-electron chi connectivity index (χ0n) is 15.5. The van der Waals surface area contributed by atoms with E-state index in [2.05, 4.69) is 10.2 Å². The Morgan fingerprint density at radius 2 is 1.74 bits per heavy atom. The van der Waals surface area contributed by atoms with E-state index in [9.17, 15) is 14.9 Å². The highest BCUT2D eigenvalue weighted by atomic mass is 16.6. The maximum atomic E-state index is 12.9. The molecule has 2 aromatic carbocycles. The summed E-state index contributed by atoms with van der Waals surface area (Å²) in [6.45, 7) is 4.55. The minimum Gasteiger partial charge on any atom is -0.347 e. The van der Waals surface area contributed by atoms with Gasteiger partial charge in [-0.1, -0.05) is 48.5 Å². The van der Waals surface area contributed by atoms with Gasteiger partial charge in [-0.25, -0.2) is 0 Å². The Kier molecular flexibility index (Phi) is 6.19. The van der Waals surface area contributed by atoms with Gasteiger partial charge in [-0.15, -0.1) is 0 Å². The first-order valence-corrected chi connectivity index (χ1v) is 9.37. The van der Waals surface area contributed by atoms with Crippen LogP contribution in [0.3, 0.4) is 0 Å². The zero-order valence-corrected chi connectivity index (χ0v) is 15.5. The summed E-state index contributed by atoms with van der Waals surface area (Å²) in [5.74, 6) is -0.797. The molecule has 1 aliphatic rings. The number of nitrogens with one attached hydrogen (secondary N) is 1. The van der Waals surface area contributed by atoms with Crippen LogP contribution in [0.15, 0.2) is 54.6 Å². The summed E-state index contributed by atoms with van der Waals surface area (Å²) in [5.41, 5.74) is 1.47. The van der Waals surface area contributed by atoms with E-state index in [-0.39, 0.29) is 17.6 Å². The summed E-state index contributed by atoms with van der Waals surface area (Å²) < 4.78 is 0. The van der Waals surface area contributed by atoms with Crippen LogP contribution in [-0.4, -0.2) is 35.4 Å². The van der Waals surface area contributed by atoms with Gasteiger partial charge in [0.15, 0.2) is 0 Å². The fourth-order valence-electron chi connectivity index (χ4n) is 3.60. The molecule has 2 unspecified atom stereocenters. The average molecular weight is 367 g/mol. The maximum absolute atomic E-state index is 12.9. The molecule has 6 heteroatoms. The van der Waals surface area contributed by atoms with Crippen molar-refractivity contribution < 1.29 is 9.72 Å². The minimum absolute atomic E-state index is 0.0176. The number of hydrogen-bond acceptors (Lipinski definition) is 4. The van der Waals surface area contributed by atoms with Gasteiger partial charge in [-0.2, -0.15) is 0 Å². The Bertz CT molecular complexity index is 788. The first-order valence-electron chi connectivity index (χ1n) is 9.37. The minimum atomic E-state index is -0.601. The van der Waals surface area contributed by atoms with Gasteiger partial charge < -0.3 is 10.2 Å². The molecule has 0 bridgehead atoms. The fraction of sp³-hybridized carbons (Fsp3) is 0.381. The molecule has 2 aromatic rings. The third-order valence-electron chi connectivity index (χ3n) is 5.15. The summed E-state index contributed by atoms with van der Waals surface area (Å²) in [4.78, 5) is 26.1. The number of carbonyl (C=O) groups is 1.